The first-order valence-electron chi connectivity index (χ1n) is 5.99. The van der Waals surface area contributed by atoms with Gasteiger partial charge in [-0.3, -0.25) is 0 Å². The van der Waals surface area contributed by atoms with Crippen molar-refractivity contribution in [2.24, 2.45) is 0 Å². The predicted octanol–water partition coefficient (Wildman–Crippen LogP) is 1.24. The Labute approximate surface area is 127 Å². The van der Waals surface area contributed by atoms with Crippen molar-refractivity contribution in [2.75, 3.05) is 25.1 Å². The molecule has 0 aliphatic carbocycles. The first kappa shape index (κ1) is 16.6. The second-order valence-corrected chi connectivity index (χ2v) is 10.8. The van der Waals surface area contributed by atoms with Crippen molar-refractivity contribution in [3.8, 4) is 0 Å². The predicted molar refractivity (Wildman–Crippen MR) is 68.7 cm³/mol. The number of amides is 2. The maximum absolute atomic E-state index is 11.6. The number of hydrogen-bond acceptors (Lipinski definition) is 4. The van der Waals surface area contributed by atoms with Crippen molar-refractivity contribution in [2.45, 2.75) is 10.0 Å². The summed E-state index contributed by atoms with van der Waals surface area (Å²) < 4.78 is 6.23. The van der Waals surface area contributed by atoms with Crippen LogP contribution in [-0.2, 0) is 28.1 Å². The summed E-state index contributed by atoms with van der Waals surface area (Å²) in [6.45, 7) is 0.623. The SMILES string of the molecule is O=C(NCC([CH2][Hg][Cl])OCCO)Nc1cccnc1. The zero-order chi connectivity index (χ0) is 13.9. The number of nitrogens with one attached hydrogen (secondary N) is 2. The van der Waals surface area contributed by atoms with E-state index in [0.29, 0.717) is 12.2 Å². The van der Waals surface area contributed by atoms with Gasteiger partial charge in [0.05, 0.1) is 0 Å². The third-order valence-corrected chi connectivity index (χ3v) is 7.55. The van der Waals surface area contributed by atoms with E-state index in [9.17, 15) is 4.79 Å². The molecular formula is C11H16ClHgN3O3. The van der Waals surface area contributed by atoms with E-state index in [0.717, 1.165) is 3.93 Å². The third-order valence-electron chi connectivity index (χ3n) is 2.29. The normalized spacial score (nSPS) is 11.5. The molecule has 19 heavy (non-hydrogen) atoms. The van der Waals surface area contributed by atoms with Crippen LogP contribution < -0.4 is 10.6 Å². The minimum absolute atomic E-state index is 0.0302. The molecule has 0 fully saturated rings. The Kier molecular flexibility index (Phi) is 9.07. The van der Waals surface area contributed by atoms with Crippen LogP contribution in [-0.4, -0.2) is 42.0 Å². The van der Waals surface area contributed by atoms with Crippen LogP contribution >= 0.6 is 8.25 Å². The zero-order valence-corrected chi connectivity index (χ0v) is 16.8. The van der Waals surface area contributed by atoms with Crippen LogP contribution in [0.5, 0.6) is 0 Å². The van der Waals surface area contributed by atoms with Gasteiger partial charge in [0.2, 0.25) is 0 Å². The molecule has 2 amide bonds. The van der Waals surface area contributed by atoms with Crippen LogP contribution in [0.15, 0.2) is 24.5 Å². The summed E-state index contributed by atoms with van der Waals surface area (Å²) in [5.41, 5.74) is 0.630. The van der Waals surface area contributed by atoms with Gasteiger partial charge in [-0.1, -0.05) is 0 Å². The van der Waals surface area contributed by atoms with Crippen LogP contribution in [0.4, 0.5) is 10.5 Å². The summed E-state index contributed by atoms with van der Waals surface area (Å²) in [7, 11) is 5.86. The van der Waals surface area contributed by atoms with Crippen LogP contribution in [0.25, 0.3) is 0 Å². The number of nitrogens with zero attached hydrogens (tertiary/aromatic N) is 1. The average molecular weight is 474 g/mol. The number of ether oxygens (including phenoxy) is 1. The molecule has 102 valence electrons. The molecule has 0 spiro atoms. The topological polar surface area (TPSA) is 83.5 Å². The van der Waals surface area contributed by atoms with Crippen LogP contribution in [0.3, 0.4) is 0 Å². The Morgan fingerprint density at radius 3 is 3.11 bits per heavy atom. The van der Waals surface area contributed by atoms with Gasteiger partial charge in [0.15, 0.2) is 0 Å². The zero-order valence-electron chi connectivity index (χ0n) is 10.5. The first-order valence-corrected chi connectivity index (χ1v) is 16.6. The van der Waals surface area contributed by atoms with E-state index >= 15 is 0 Å². The molecule has 6 nitrogen and oxygen atoms in total. The number of rotatable bonds is 8. The number of urea groups is 1. The summed E-state index contributed by atoms with van der Waals surface area (Å²) >= 11 is -1.35. The van der Waals surface area contributed by atoms with E-state index in [1.165, 1.54) is 0 Å². The van der Waals surface area contributed by atoms with E-state index in [1.54, 1.807) is 24.5 Å². The number of carbonyl (C=O) groups excluding carboxylic acids is 1. The van der Waals surface area contributed by atoms with Crippen molar-refractivity contribution in [1.29, 1.82) is 0 Å². The van der Waals surface area contributed by atoms with Gasteiger partial charge in [-0.2, -0.15) is 0 Å². The molecule has 1 aromatic heterocycles. The van der Waals surface area contributed by atoms with E-state index in [4.69, 9.17) is 18.1 Å². The fourth-order valence-electron chi connectivity index (χ4n) is 1.40. The molecule has 1 heterocycles. The molecule has 1 unspecified atom stereocenters. The van der Waals surface area contributed by atoms with Gasteiger partial charge in [0.25, 0.3) is 0 Å². The molecule has 0 saturated carbocycles. The molecule has 0 aliphatic heterocycles. The Bertz CT molecular complexity index is 369. The number of carbonyl (C=O) groups is 1. The molecule has 1 aromatic rings. The van der Waals surface area contributed by atoms with Crippen molar-refractivity contribution in [3.63, 3.8) is 0 Å². The van der Waals surface area contributed by atoms with Gasteiger partial charge in [0.1, 0.15) is 0 Å². The second kappa shape index (κ2) is 10.4. The molecule has 1 atom stereocenters. The van der Waals surface area contributed by atoms with Gasteiger partial charge in [0, 0.05) is 0 Å². The second-order valence-electron chi connectivity index (χ2n) is 3.77. The standard InChI is InChI=1S/C11H16N3O3.ClH.Hg/c1-9(17-6-5-15)7-13-11(16)14-10-3-2-4-12-8-10;;/h2-4,8-9,15H,1,5-7H2,(H2,13,14,16);1H;/q;;+1/p-1. The monoisotopic (exact) mass is 475 g/mol. The number of halogens is 1. The molecule has 0 aromatic carbocycles. The van der Waals surface area contributed by atoms with E-state index < -0.39 is 23.3 Å². The number of hydrogen-bond donors (Lipinski definition) is 3. The van der Waals surface area contributed by atoms with Gasteiger partial charge in [-0.15, -0.1) is 0 Å². The maximum atomic E-state index is 11.6. The van der Waals surface area contributed by atoms with Crippen molar-refractivity contribution < 1.29 is 38.0 Å². The summed E-state index contributed by atoms with van der Waals surface area (Å²) in [6, 6.07) is 3.18. The Morgan fingerprint density at radius 2 is 2.47 bits per heavy atom. The van der Waals surface area contributed by atoms with E-state index in [-0.39, 0.29) is 25.3 Å². The molecule has 1 rings (SSSR count). The summed E-state index contributed by atoms with van der Waals surface area (Å²) in [4.78, 5) is 15.5. The van der Waals surface area contributed by atoms with Gasteiger partial charge in [-0.25, -0.2) is 0 Å². The molecule has 0 bridgehead atoms. The molecule has 0 saturated heterocycles. The number of aliphatic hydroxyl groups is 1. The molecule has 0 aliphatic rings. The van der Waals surface area contributed by atoms with E-state index in [1.807, 2.05) is 0 Å². The van der Waals surface area contributed by atoms with Crippen molar-refractivity contribution >= 4 is 20.0 Å². The number of aromatic nitrogens is 1. The molecule has 3 N–H and O–H groups in total. The fourth-order valence-corrected chi connectivity index (χ4v) is 5.93. The number of aliphatic hydroxyl groups excluding tert-OH is 1. The Balaban J connectivity index is 2.30. The van der Waals surface area contributed by atoms with Crippen molar-refractivity contribution in [3.05, 3.63) is 24.5 Å². The number of anilines is 1. The Morgan fingerprint density at radius 1 is 1.63 bits per heavy atom. The third kappa shape index (κ3) is 7.66. The van der Waals surface area contributed by atoms with Crippen LogP contribution in [0.2, 0.25) is 3.93 Å². The number of pyridine rings is 1. The van der Waals surface area contributed by atoms with Crippen molar-refractivity contribution in [1.82, 2.24) is 10.3 Å². The molecule has 8 heteroatoms. The summed E-state index contributed by atoms with van der Waals surface area (Å²) in [5, 5.41) is 14.1. The average Bonchev–Trinajstić information content (AvgIpc) is 2.43. The van der Waals surface area contributed by atoms with Gasteiger partial charge >= 0.3 is 128 Å². The summed E-state index contributed by atoms with van der Waals surface area (Å²) in [5.74, 6) is 0. The molecular weight excluding hydrogens is 458 g/mol. The minimum atomic E-state index is -1.35. The first-order chi connectivity index (χ1) is 9.26. The van der Waals surface area contributed by atoms with Gasteiger partial charge in [-0.05, 0) is 0 Å². The fraction of sp³-hybridized carbons (Fsp3) is 0.455. The Hall–Kier alpha value is -0.435. The van der Waals surface area contributed by atoms with Crippen LogP contribution in [0, 0.1) is 0 Å². The summed E-state index contributed by atoms with van der Waals surface area (Å²) in [6.07, 6.45) is 3.09. The molecule has 0 radical (unpaired) electrons. The quantitative estimate of drug-likeness (QED) is 0.496. The van der Waals surface area contributed by atoms with Crippen LogP contribution in [0.1, 0.15) is 0 Å². The van der Waals surface area contributed by atoms with E-state index in [2.05, 4.69) is 15.6 Å². The van der Waals surface area contributed by atoms with Gasteiger partial charge < -0.3 is 0 Å².